The van der Waals surface area contributed by atoms with E-state index in [1.807, 2.05) is 0 Å². The summed E-state index contributed by atoms with van der Waals surface area (Å²) in [4.78, 5) is 22.6. The van der Waals surface area contributed by atoms with E-state index in [9.17, 15) is 9.59 Å². The lowest BCUT2D eigenvalue weighted by Crippen LogP contribution is -2.31. The van der Waals surface area contributed by atoms with Gasteiger partial charge in [0.1, 0.15) is 5.76 Å². The number of nitrogens with one attached hydrogen (secondary N) is 2. The maximum Gasteiger partial charge on any atom is 0.220 e. The van der Waals surface area contributed by atoms with E-state index in [4.69, 9.17) is 16.3 Å². The molecule has 1 atom stereocenters. The molecule has 2 rings (SSSR count). The Balaban J connectivity index is 1.66. The van der Waals surface area contributed by atoms with Crippen molar-refractivity contribution in [2.75, 3.05) is 12.4 Å². The Morgan fingerprint density at radius 3 is 3.16 bits per heavy atom. The summed E-state index contributed by atoms with van der Waals surface area (Å²) in [7, 11) is 0. The van der Waals surface area contributed by atoms with E-state index in [1.165, 1.54) is 0 Å². The number of alkyl halides is 1. The molecule has 0 fully saturated rings. The largest absolute Gasteiger partial charge is 0.472 e. The minimum Gasteiger partial charge on any atom is -0.472 e. The third kappa shape index (κ3) is 3.99. The highest BCUT2D eigenvalue weighted by Gasteiger charge is 2.26. The van der Waals surface area contributed by atoms with E-state index in [1.54, 1.807) is 12.2 Å². The average molecular weight is 285 g/mol. The number of halogens is 1. The molecule has 0 saturated carbocycles. The van der Waals surface area contributed by atoms with Gasteiger partial charge in [0.25, 0.3) is 0 Å². The SMILES string of the molecule is O=C1C=CC2=C(C1)OC(CCNC(=O)CCCCl)N2. The third-order valence-electron chi connectivity index (χ3n) is 2.94. The van der Waals surface area contributed by atoms with Crippen molar-refractivity contribution in [2.24, 2.45) is 0 Å². The Labute approximate surface area is 117 Å². The van der Waals surface area contributed by atoms with Gasteiger partial charge in [-0.05, 0) is 18.6 Å². The number of allylic oxidation sites excluding steroid dienone is 3. The average Bonchev–Trinajstić information content (AvgIpc) is 2.78. The van der Waals surface area contributed by atoms with Crippen LogP contribution >= 0.6 is 11.6 Å². The van der Waals surface area contributed by atoms with Crippen LogP contribution in [-0.2, 0) is 14.3 Å². The van der Waals surface area contributed by atoms with E-state index >= 15 is 0 Å². The number of amides is 1. The lowest BCUT2D eigenvalue weighted by atomic mass is 10.1. The molecule has 6 heteroatoms. The summed E-state index contributed by atoms with van der Waals surface area (Å²) < 4.78 is 5.62. The molecule has 0 saturated heterocycles. The van der Waals surface area contributed by atoms with Gasteiger partial charge in [-0.25, -0.2) is 0 Å². The van der Waals surface area contributed by atoms with E-state index < -0.39 is 0 Å². The first-order valence-corrected chi connectivity index (χ1v) is 6.92. The Kier molecular flexibility index (Phi) is 4.85. The summed E-state index contributed by atoms with van der Waals surface area (Å²) in [6, 6.07) is 0. The monoisotopic (exact) mass is 284 g/mol. The maximum absolute atomic E-state index is 11.4. The molecule has 0 bridgehead atoms. The van der Waals surface area contributed by atoms with Crippen LogP contribution < -0.4 is 10.6 Å². The summed E-state index contributed by atoms with van der Waals surface area (Å²) in [5.74, 6) is 1.26. The quantitative estimate of drug-likeness (QED) is 0.719. The van der Waals surface area contributed by atoms with Gasteiger partial charge in [0.15, 0.2) is 12.0 Å². The van der Waals surface area contributed by atoms with Crippen molar-refractivity contribution in [3.8, 4) is 0 Å². The molecule has 0 aromatic rings. The highest BCUT2D eigenvalue weighted by atomic mass is 35.5. The predicted molar refractivity (Wildman–Crippen MR) is 71.4 cm³/mol. The fourth-order valence-electron chi connectivity index (χ4n) is 1.98. The van der Waals surface area contributed by atoms with Gasteiger partial charge >= 0.3 is 0 Å². The summed E-state index contributed by atoms with van der Waals surface area (Å²) in [6.07, 6.45) is 5.22. The van der Waals surface area contributed by atoms with E-state index in [0.29, 0.717) is 43.9 Å². The van der Waals surface area contributed by atoms with E-state index in [2.05, 4.69) is 10.6 Å². The van der Waals surface area contributed by atoms with Gasteiger partial charge in [-0.3, -0.25) is 9.59 Å². The standard InChI is InChI=1S/C13H17ClN2O3/c14-6-1-2-12(18)15-7-5-13-16-10-4-3-9(17)8-11(10)19-13/h3-4,13,16H,1-2,5-8H2,(H,15,18). The number of hydrogen-bond acceptors (Lipinski definition) is 4. The second kappa shape index (κ2) is 6.61. The lowest BCUT2D eigenvalue weighted by molar-refractivity contribution is -0.121. The van der Waals surface area contributed by atoms with Crippen molar-refractivity contribution in [3.05, 3.63) is 23.6 Å². The third-order valence-corrected chi connectivity index (χ3v) is 3.21. The first-order valence-electron chi connectivity index (χ1n) is 6.39. The number of ether oxygens (including phenoxy) is 1. The molecule has 2 N–H and O–H groups in total. The van der Waals surface area contributed by atoms with Crippen LogP contribution in [0.1, 0.15) is 25.7 Å². The van der Waals surface area contributed by atoms with Crippen molar-refractivity contribution in [1.29, 1.82) is 0 Å². The maximum atomic E-state index is 11.4. The topological polar surface area (TPSA) is 67.4 Å². The second-order valence-corrected chi connectivity index (χ2v) is 4.87. The van der Waals surface area contributed by atoms with Gasteiger partial charge in [0.05, 0.1) is 12.1 Å². The summed E-state index contributed by atoms with van der Waals surface area (Å²) in [5, 5.41) is 5.99. The van der Waals surface area contributed by atoms with Gasteiger partial charge in [-0.2, -0.15) is 0 Å². The van der Waals surface area contributed by atoms with Crippen LogP contribution in [0.4, 0.5) is 0 Å². The van der Waals surface area contributed by atoms with Gasteiger partial charge in [-0.15, -0.1) is 11.6 Å². The Morgan fingerprint density at radius 1 is 1.53 bits per heavy atom. The highest BCUT2D eigenvalue weighted by molar-refractivity contribution is 6.17. The fraction of sp³-hybridized carbons (Fsp3) is 0.538. The molecule has 0 aromatic carbocycles. The zero-order valence-electron chi connectivity index (χ0n) is 10.6. The Hall–Kier alpha value is -1.49. The van der Waals surface area contributed by atoms with Crippen LogP contribution in [0.5, 0.6) is 0 Å². The first-order chi connectivity index (χ1) is 9.19. The minimum absolute atomic E-state index is 0.00597. The van der Waals surface area contributed by atoms with Crippen LogP contribution in [0.15, 0.2) is 23.6 Å². The molecular formula is C13H17ClN2O3. The van der Waals surface area contributed by atoms with E-state index in [-0.39, 0.29) is 17.9 Å². The molecule has 5 nitrogen and oxygen atoms in total. The van der Waals surface area contributed by atoms with Crippen molar-refractivity contribution >= 4 is 23.3 Å². The summed E-state index contributed by atoms with van der Waals surface area (Å²) >= 11 is 5.52. The molecule has 0 spiro atoms. The van der Waals surface area contributed by atoms with Gasteiger partial charge in [0.2, 0.25) is 5.91 Å². The highest BCUT2D eigenvalue weighted by Crippen LogP contribution is 2.24. The van der Waals surface area contributed by atoms with Gasteiger partial charge in [-0.1, -0.05) is 0 Å². The number of rotatable bonds is 6. The van der Waals surface area contributed by atoms with Crippen molar-refractivity contribution in [3.63, 3.8) is 0 Å². The Morgan fingerprint density at radius 2 is 2.37 bits per heavy atom. The normalized spacial score (nSPS) is 20.9. The van der Waals surface area contributed by atoms with Crippen molar-refractivity contribution in [2.45, 2.75) is 31.9 Å². The first kappa shape index (κ1) is 13.9. The van der Waals surface area contributed by atoms with Crippen molar-refractivity contribution < 1.29 is 14.3 Å². The lowest BCUT2D eigenvalue weighted by Gasteiger charge is -2.13. The molecule has 1 unspecified atom stereocenters. The van der Waals surface area contributed by atoms with Crippen LogP contribution in [0, 0.1) is 0 Å². The zero-order valence-corrected chi connectivity index (χ0v) is 11.3. The molecule has 1 aliphatic heterocycles. The van der Waals surface area contributed by atoms with Gasteiger partial charge in [0, 0.05) is 25.3 Å². The molecule has 0 radical (unpaired) electrons. The molecule has 1 heterocycles. The molecule has 1 aliphatic carbocycles. The molecule has 1 amide bonds. The predicted octanol–water partition coefficient (Wildman–Crippen LogP) is 1.20. The Bertz CT molecular complexity index is 432. The second-order valence-electron chi connectivity index (χ2n) is 4.50. The van der Waals surface area contributed by atoms with Crippen LogP contribution in [0.25, 0.3) is 0 Å². The van der Waals surface area contributed by atoms with Crippen LogP contribution in [0.2, 0.25) is 0 Å². The fourth-order valence-corrected chi connectivity index (χ4v) is 2.11. The van der Waals surface area contributed by atoms with Crippen molar-refractivity contribution in [1.82, 2.24) is 10.6 Å². The van der Waals surface area contributed by atoms with E-state index in [0.717, 1.165) is 5.70 Å². The van der Waals surface area contributed by atoms with Gasteiger partial charge < -0.3 is 15.4 Å². The zero-order chi connectivity index (χ0) is 13.7. The van der Waals surface area contributed by atoms with Crippen LogP contribution in [0.3, 0.4) is 0 Å². The number of carbonyl (C=O) groups excluding carboxylic acids is 2. The molecule has 19 heavy (non-hydrogen) atoms. The smallest absolute Gasteiger partial charge is 0.220 e. The molecular weight excluding hydrogens is 268 g/mol. The molecule has 104 valence electrons. The summed E-state index contributed by atoms with van der Waals surface area (Å²) in [5.41, 5.74) is 0.873. The minimum atomic E-state index is -0.172. The summed E-state index contributed by atoms with van der Waals surface area (Å²) in [6.45, 7) is 0.539. The molecule has 0 aromatic heterocycles. The number of ketones is 1. The number of carbonyl (C=O) groups is 2. The number of hydrogen-bond donors (Lipinski definition) is 2. The molecule has 2 aliphatic rings. The van der Waals surface area contributed by atoms with Crippen LogP contribution in [-0.4, -0.2) is 30.3 Å².